The highest BCUT2D eigenvalue weighted by atomic mass is 16.7. The molecule has 380 valence electrons. The number of aryl methyl sites for hydroxylation is 1. The average Bonchev–Trinajstić information content (AvgIpc) is 3.29. The van der Waals surface area contributed by atoms with Crippen molar-refractivity contribution >= 4 is 28.6 Å². The molecule has 6 N–H and O–H groups in total. The summed E-state index contributed by atoms with van der Waals surface area (Å²) in [5, 5.41) is 62.6. The van der Waals surface area contributed by atoms with Gasteiger partial charge in [0.2, 0.25) is 5.91 Å². The second-order valence-corrected chi connectivity index (χ2v) is 19.7. The summed E-state index contributed by atoms with van der Waals surface area (Å²) >= 11 is 0. The zero-order valence-corrected chi connectivity index (χ0v) is 42.0. The number of nitrogens with one attached hydrogen (secondary N) is 1. The number of cyclic esters (lactones) is 1. The summed E-state index contributed by atoms with van der Waals surface area (Å²) < 4.78 is 37.3. The molecule has 17 nitrogen and oxygen atoms in total. The molecule has 3 saturated heterocycles. The van der Waals surface area contributed by atoms with Crippen LogP contribution in [0.2, 0.25) is 0 Å². The van der Waals surface area contributed by atoms with Crippen molar-refractivity contribution in [3.8, 4) is 0 Å². The summed E-state index contributed by atoms with van der Waals surface area (Å²) in [5.41, 5.74) is -3.37. The summed E-state index contributed by atoms with van der Waals surface area (Å²) in [6.45, 7) is 16.6. The lowest BCUT2D eigenvalue weighted by molar-refractivity contribution is -0.308. The Bertz CT molecular complexity index is 1910. The van der Waals surface area contributed by atoms with Gasteiger partial charge in [-0.15, -0.1) is 0 Å². The molecule has 0 spiro atoms. The third-order valence-electron chi connectivity index (χ3n) is 14.2. The topological polar surface area (TPSA) is 236 Å². The van der Waals surface area contributed by atoms with E-state index in [4.69, 9.17) is 28.4 Å². The quantitative estimate of drug-likeness (QED) is 0.166. The lowest BCUT2D eigenvalue weighted by Gasteiger charge is -2.47. The van der Waals surface area contributed by atoms with E-state index in [-0.39, 0.29) is 56.7 Å². The van der Waals surface area contributed by atoms with Crippen LogP contribution in [-0.2, 0) is 49.2 Å². The summed E-state index contributed by atoms with van der Waals surface area (Å²) in [7, 11) is 5.13. The maximum Gasteiger partial charge on any atom is 0.311 e. The van der Waals surface area contributed by atoms with Crippen LogP contribution < -0.4 is 5.32 Å². The number of likely N-dealkylation sites (N-methyl/N-ethyl adjacent to an activating group) is 1. The molecule has 1 aromatic carbocycles. The minimum atomic E-state index is -2.20. The number of aliphatic hydroxyl groups excluding tert-OH is 3. The van der Waals surface area contributed by atoms with Crippen LogP contribution >= 0.6 is 0 Å². The fraction of sp³-hybridized carbons (Fsp3) is 0.760. The zero-order valence-electron chi connectivity index (χ0n) is 42.0. The smallest absolute Gasteiger partial charge is 0.311 e. The lowest BCUT2D eigenvalue weighted by atomic mass is 9.76. The van der Waals surface area contributed by atoms with E-state index >= 15 is 0 Å². The Balaban J connectivity index is 0.00000483. The number of benzene rings is 1. The number of amides is 1. The van der Waals surface area contributed by atoms with Gasteiger partial charge in [-0.3, -0.25) is 19.4 Å². The van der Waals surface area contributed by atoms with Gasteiger partial charge >= 0.3 is 5.97 Å². The third-order valence-corrected chi connectivity index (χ3v) is 14.2. The molecule has 2 aromatic rings. The third kappa shape index (κ3) is 13.8. The molecule has 3 aliphatic heterocycles. The average molecular weight is 948 g/mol. The summed E-state index contributed by atoms with van der Waals surface area (Å²) in [5.74, 6) is -4.88. The van der Waals surface area contributed by atoms with E-state index in [0.717, 1.165) is 16.5 Å². The van der Waals surface area contributed by atoms with Crippen LogP contribution in [0.5, 0.6) is 0 Å². The predicted molar refractivity (Wildman–Crippen MR) is 250 cm³/mol. The monoisotopic (exact) mass is 948 g/mol. The molecule has 17 atom stereocenters. The molecule has 17 heteroatoms. The van der Waals surface area contributed by atoms with Gasteiger partial charge in [-0.1, -0.05) is 45.9 Å². The number of Topliss-reactive ketones (excluding diaryl/α,β-unsaturated/α-hetero) is 1. The summed E-state index contributed by atoms with van der Waals surface area (Å²) in [6, 6.07) is 9.16. The Morgan fingerprint density at radius 1 is 0.910 bits per heavy atom. The van der Waals surface area contributed by atoms with Gasteiger partial charge < -0.3 is 64.2 Å². The number of aliphatic hydroxyl groups is 5. The van der Waals surface area contributed by atoms with E-state index < -0.39 is 102 Å². The second-order valence-electron chi connectivity index (χ2n) is 19.7. The number of esters is 1. The van der Waals surface area contributed by atoms with Gasteiger partial charge in [0.05, 0.1) is 53.2 Å². The van der Waals surface area contributed by atoms with Crippen LogP contribution in [0.25, 0.3) is 10.9 Å². The molecule has 3 fully saturated rings. The second kappa shape index (κ2) is 24.1. The number of para-hydroxylation sites is 1. The number of pyridine rings is 1. The molecule has 3 aliphatic rings. The molecular formula is C50H81N3O14. The zero-order chi connectivity index (χ0) is 50.2. The Hall–Kier alpha value is -3.20. The number of methoxy groups -OCH3 is 1. The van der Waals surface area contributed by atoms with E-state index in [1.165, 1.54) is 27.9 Å². The first-order valence-electron chi connectivity index (χ1n) is 24.1. The van der Waals surface area contributed by atoms with Gasteiger partial charge in [-0.25, -0.2) is 0 Å². The number of fused-ring (bicyclic) bond motifs is 1. The summed E-state index contributed by atoms with van der Waals surface area (Å²) in [6.07, 6.45) is -8.81. The van der Waals surface area contributed by atoms with Crippen molar-refractivity contribution in [1.29, 1.82) is 0 Å². The van der Waals surface area contributed by atoms with E-state index in [1.54, 1.807) is 33.9 Å². The van der Waals surface area contributed by atoms with Crippen LogP contribution in [-0.4, -0.2) is 165 Å². The minimum absolute atomic E-state index is 0.0473. The Labute approximate surface area is 397 Å². The van der Waals surface area contributed by atoms with Crippen molar-refractivity contribution in [1.82, 2.24) is 15.2 Å². The SMILES string of the molecule is CC.COC1(C)CC(O[C@H]2C[C@@H](OC3OC(C)CC(N(C)C)C3O)[C@](C)(O)C[C@@H](C)C(=O)[C@H](C)[C@@H](O)[C@](C)(O)[C@@H](CCNC(=O)CCc3ccnc4ccccc34)OC(=O)[C@@H]2C)OC(C)C1O. The van der Waals surface area contributed by atoms with Gasteiger partial charge in [-0.05, 0) is 92.6 Å². The van der Waals surface area contributed by atoms with E-state index in [9.17, 15) is 39.9 Å². The highest BCUT2D eigenvalue weighted by Crippen LogP contribution is 2.39. The number of rotatable bonds is 12. The molecule has 5 rings (SSSR count). The molecule has 1 amide bonds. The molecule has 4 heterocycles. The van der Waals surface area contributed by atoms with Crippen molar-refractivity contribution in [2.45, 2.75) is 198 Å². The lowest BCUT2D eigenvalue weighted by Crippen LogP contribution is -2.59. The van der Waals surface area contributed by atoms with Gasteiger partial charge in [0.1, 0.15) is 29.7 Å². The maximum atomic E-state index is 14.5. The predicted octanol–water partition coefficient (Wildman–Crippen LogP) is 3.84. The van der Waals surface area contributed by atoms with Crippen molar-refractivity contribution in [2.24, 2.45) is 17.8 Å². The Kier molecular flexibility index (Phi) is 20.3. The van der Waals surface area contributed by atoms with Crippen LogP contribution in [0, 0.1) is 17.8 Å². The first-order chi connectivity index (χ1) is 31.4. The van der Waals surface area contributed by atoms with Crippen LogP contribution in [0.3, 0.4) is 0 Å². The Morgan fingerprint density at radius 2 is 1.58 bits per heavy atom. The normalized spacial score (nSPS) is 39.2. The first kappa shape index (κ1) is 56.4. The summed E-state index contributed by atoms with van der Waals surface area (Å²) in [4.78, 5) is 48.1. The molecular weight excluding hydrogens is 867 g/mol. The number of aromatic nitrogens is 1. The number of nitrogens with zero attached hydrogens (tertiary/aromatic N) is 2. The molecule has 0 bridgehead atoms. The van der Waals surface area contributed by atoms with Crippen LogP contribution in [0.1, 0.15) is 113 Å². The van der Waals surface area contributed by atoms with E-state index in [2.05, 4.69) is 10.3 Å². The van der Waals surface area contributed by atoms with E-state index in [1.807, 2.05) is 70.1 Å². The van der Waals surface area contributed by atoms with Gasteiger partial charge in [0.15, 0.2) is 12.6 Å². The number of hydrogen-bond donors (Lipinski definition) is 6. The van der Waals surface area contributed by atoms with Crippen molar-refractivity contribution in [2.75, 3.05) is 27.7 Å². The fourth-order valence-corrected chi connectivity index (χ4v) is 9.73. The first-order valence-corrected chi connectivity index (χ1v) is 24.1. The van der Waals surface area contributed by atoms with E-state index in [0.29, 0.717) is 12.8 Å². The van der Waals surface area contributed by atoms with Crippen molar-refractivity contribution < 1.29 is 68.3 Å². The maximum absolute atomic E-state index is 14.5. The number of hydrogen-bond acceptors (Lipinski definition) is 16. The largest absolute Gasteiger partial charge is 0.459 e. The van der Waals surface area contributed by atoms with Crippen LogP contribution in [0.4, 0.5) is 0 Å². The standard InChI is InChI=1S/C48H75N3O14.C2H6/c1-26-24-46(6,58)37(65-45-41(54)34(51(9)10)22-27(2)61-45)23-35(63-39-25-47(7,60-11)43(56)30(5)62-39)28(3)44(57)64-36(48(8,59)42(55)29(4)40(26)53)19-21-50-38(52)17-16-31-18-20-49-33-15-13-12-14-32(31)33;1-2/h12-15,18,20,26-30,34-37,39,41-43,45,54-56,58-59H,16-17,19,21-25H2,1-11H3,(H,50,52);1-2H3/t26-,27?,28-,29+,30?,34?,35+,36-,37-,39?,41?,42-,43?,45?,46-,47?,48-;/m1./s1. The molecule has 0 saturated carbocycles. The molecule has 8 unspecified atom stereocenters. The molecule has 67 heavy (non-hydrogen) atoms. The van der Waals surface area contributed by atoms with Crippen molar-refractivity contribution in [3.05, 3.63) is 42.1 Å². The number of ether oxygens (including phenoxy) is 6. The highest BCUT2D eigenvalue weighted by molar-refractivity contribution is 5.84. The molecule has 0 radical (unpaired) electrons. The molecule has 1 aromatic heterocycles. The van der Waals surface area contributed by atoms with Gasteiger partial charge in [0, 0.05) is 68.8 Å². The highest BCUT2D eigenvalue weighted by Gasteiger charge is 2.52. The number of ketones is 1. The van der Waals surface area contributed by atoms with Crippen LogP contribution in [0.15, 0.2) is 36.5 Å². The van der Waals surface area contributed by atoms with Gasteiger partial charge in [-0.2, -0.15) is 0 Å². The minimum Gasteiger partial charge on any atom is -0.459 e. The fourth-order valence-electron chi connectivity index (χ4n) is 9.73. The van der Waals surface area contributed by atoms with Crippen molar-refractivity contribution in [3.63, 3.8) is 0 Å². The van der Waals surface area contributed by atoms with Gasteiger partial charge in [0.25, 0.3) is 0 Å². The number of carbonyl (C=O) groups excluding carboxylic acids is 3. The molecule has 0 aliphatic carbocycles. The number of carbonyl (C=O) groups is 3. The Morgan fingerprint density at radius 3 is 2.24 bits per heavy atom.